The van der Waals surface area contributed by atoms with Crippen LogP contribution < -0.4 is 4.74 Å². The number of hydrogen-bond acceptors (Lipinski definition) is 5. The van der Waals surface area contributed by atoms with Crippen LogP contribution in [0.4, 0.5) is 0 Å². The van der Waals surface area contributed by atoms with Gasteiger partial charge in [-0.2, -0.15) is 0 Å². The maximum Gasteiger partial charge on any atom is 0.119 e. The van der Waals surface area contributed by atoms with E-state index in [0.29, 0.717) is 36.4 Å². The third-order valence-corrected chi connectivity index (χ3v) is 5.42. The summed E-state index contributed by atoms with van der Waals surface area (Å²) in [5.74, 6) is 0.739. The Morgan fingerprint density at radius 2 is 1.92 bits per heavy atom. The molecule has 2 heterocycles. The molecule has 0 spiro atoms. The highest BCUT2D eigenvalue weighted by Gasteiger charge is 2.30. The third-order valence-electron chi connectivity index (χ3n) is 5.16. The van der Waals surface area contributed by atoms with E-state index in [4.69, 9.17) is 21.1 Å². The zero-order valence-electron chi connectivity index (χ0n) is 15.8. The fourth-order valence-electron chi connectivity index (χ4n) is 4.12. The fraction of sp³-hybridized carbons (Fsp3) is 0.700. The topological polar surface area (TPSA) is 45.2 Å². The molecule has 3 rings (SSSR count). The van der Waals surface area contributed by atoms with E-state index in [1.165, 1.54) is 12.8 Å². The Morgan fingerprint density at radius 3 is 2.62 bits per heavy atom. The van der Waals surface area contributed by atoms with Crippen molar-refractivity contribution in [3.63, 3.8) is 0 Å². The Hall–Kier alpha value is -0.850. The molecule has 4 unspecified atom stereocenters. The SMILES string of the molecule is CC1CN(CC2CCCN2CC(O)COc2ccc(Cl)cc2)CC(C)O1. The molecule has 0 radical (unpaired) electrons. The summed E-state index contributed by atoms with van der Waals surface area (Å²) in [6.07, 6.45) is 2.50. The summed E-state index contributed by atoms with van der Waals surface area (Å²) in [4.78, 5) is 4.93. The summed E-state index contributed by atoms with van der Waals surface area (Å²) in [7, 11) is 0. The molecule has 5 nitrogen and oxygen atoms in total. The predicted molar refractivity (Wildman–Crippen MR) is 104 cm³/mol. The second-order valence-electron chi connectivity index (χ2n) is 7.69. The molecule has 2 fully saturated rings. The summed E-state index contributed by atoms with van der Waals surface area (Å²) in [5.41, 5.74) is 0. The van der Waals surface area contributed by atoms with Crippen molar-refractivity contribution >= 4 is 11.6 Å². The molecule has 0 aliphatic carbocycles. The number of benzene rings is 1. The summed E-state index contributed by atoms with van der Waals surface area (Å²) >= 11 is 5.88. The number of aliphatic hydroxyl groups is 1. The van der Waals surface area contributed by atoms with E-state index in [0.717, 1.165) is 31.9 Å². The van der Waals surface area contributed by atoms with E-state index >= 15 is 0 Å². The highest BCUT2D eigenvalue weighted by Crippen LogP contribution is 2.21. The number of likely N-dealkylation sites (tertiary alicyclic amines) is 1. The molecule has 0 bridgehead atoms. The first-order valence-corrected chi connectivity index (χ1v) is 10.1. The van der Waals surface area contributed by atoms with E-state index in [2.05, 4.69) is 23.6 Å². The third kappa shape index (κ3) is 5.83. The van der Waals surface area contributed by atoms with E-state index in [9.17, 15) is 5.11 Å². The molecule has 6 heteroatoms. The van der Waals surface area contributed by atoms with Crippen molar-refractivity contribution < 1.29 is 14.6 Å². The lowest BCUT2D eigenvalue weighted by atomic mass is 10.1. The van der Waals surface area contributed by atoms with Crippen molar-refractivity contribution in [3.05, 3.63) is 29.3 Å². The minimum Gasteiger partial charge on any atom is -0.491 e. The average Bonchev–Trinajstić information content (AvgIpc) is 3.00. The van der Waals surface area contributed by atoms with Gasteiger partial charge in [-0.25, -0.2) is 0 Å². The highest BCUT2D eigenvalue weighted by molar-refractivity contribution is 6.30. The highest BCUT2D eigenvalue weighted by atomic mass is 35.5. The van der Waals surface area contributed by atoms with Gasteiger partial charge in [0.25, 0.3) is 0 Å². The zero-order valence-corrected chi connectivity index (χ0v) is 16.6. The molecule has 2 aliphatic heterocycles. The Labute approximate surface area is 161 Å². The van der Waals surface area contributed by atoms with E-state index < -0.39 is 6.10 Å². The van der Waals surface area contributed by atoms with Gasteiger partial charge in [-0.1, -0.05) is 11.6 Å². The molecular weight excluding hydrogens is 352 g/mol. The number of ether oxygens (including phenoxy) is 2. The molecular formula is C20H31ClN2O3. The maximum atomic E-state index is 10.4. The van der Waals surface area contributed by atoms with Crippen LogP contribution in [0.25, 0.3) is 0 Å². The van der Waals surface area contributed by atoms with Crippen molar-refractivity contribution in [3.8, 4) is 5.75 Å². The van der Waals surface area contributed by atoms with E-state index in [1.54, 1.807) is 12.1 Å². The number of nitrogens with zero attached hydrogens (tertiary/aromatic N) is 2. The van der Waals surface area contributed by atoms with Crippen molar-refractivity contribution in [1.82, 2.24) is 9.80 Å². The van der Waals surface area contributed by atoms with Gasteiger partial charge in [0, 0.05) is 37.2 Å². The molecule has 2 saturated heterocycles. The first kappa shape index (κ1) is 19.9. The number of hydrogen-bond donors (Lipinski definition) is 1. The average molecular weight is 383 g/mol. The lowest BCUT2D eigenvalue weighted by molar-refractivity contribution is -0.0731. The summed E-state index contributed by atoms with van der Waals surface area (Å²) in [5, 5.41) is 11.1. The van der Waals surface area contributed by atoms with Crippen LogP contribution in [0.15, 0.2) is 24.3 Å². The quantitative estimate of drug-likeness (QED) is 0.785. The van der Waals surface area contributed by atoms with E-state index in [-0.39, 0.29) is 0 Å². The van der Waals surface area contributed by atoms with Crippen LogP contribution in [0.1, 0.15) is 26.7 Å². The second-order valence-corrected chi connectivity index (χ2v) is 8.12. The van der Waals surface area contributed by atoms with Gasteiger partial charge >= 0.3 is 0 Å². The van der Waals surface area contributed by atoms with Gasteiger partial charge in [-0.05, 0) is 57.5 Å². The molecule has 0 aromatic heterocycles. The van der Waals surface area contributed by atoms with Crippen molar-refractivity contribution in [2.75, 3.05) is 39.3 Å². The largest absolute Gasteiger partial charge is 0.491 e. The molecule has 2 aliphatic rings. The first-order valence-electron chi connectivity index (χ1n) is 9.68. The van der Waals surface area contributed by atoms with Crippen LogP contribution in [0, 0.1) is 0 Å². The number of rotatable bonds is 7. The molecule has 1 N–H and O–H groups in total. The van der Waals surface area contributed by atoms with Gasteiger partial charge in [0.1, 0.15) is 18.5 Å². The van der Waals surface area contributed by atoms with Crippen molar-refractivity contribution in [1.29, 1.82) is 0 Å². The lowest BCUT2D eigenvalue weighted by Gasteiger charge is -2.38. The van der Waals surface area contributed by atoms with Gasteiger partial charge in [-0.3, -0.25) is 9.80 Å². The van der Waals surface area contributed by atoms with Crippen molar-refractivity contribution in [2.45, 2.75) is 51.0 Å². The molecule has 1 aromatic rings. The Balaban J connectivity index is 1.44. The maximum absolute atomic E-state index is 10.4. The van der Waals surface area contributed by atoms with Gasteiger partial charge in [0.2, 0.25) is 0 Å². The van der Waals surface area contributed by atoms with Crippen LogP contribution in [-0.2, 0) is 4.74 Å². The fourth-order valence-corrected chi connectivity index (χ4v) is 4.25. The van der Waals surface area contributed by atoms with E-state index in [1.807, 2.05) is 12.1 Å². The van der Waals surface area contributed by atoms with Gasteiger partial charge in [0.15, 0.2) is 0 Å². The number of aliphatic hydroxyl groups excluding tert-OH is 1. The molecule has 4 atom stereocenters. The molecule has 26 heavy (non-hydrogen) atoms. The molecule has 0 saturated carbocycles. The first-order chi connectivity index (χ1) is 12.5. The predicted octanol–water partition coefficient (Wildman–Crippen LogP) is 2.65. The number of halogens is 1. The van der Waals surface area contributed by atoms with Gasteiger partial charge < -0.3 is 14.6 Å². The second kappa shape index (κ2) is 9.38. The number of morpholine rings is 1. The summed E-state index contributed by atoms with van der Waals surface area (Å²) < 4.78 is 11.5. The lowest BCUT2D eigenvalue weighted by Crippen LogP contribution is -2.51. The van der Waals surface area contributed by atoms with Crippen LogP contribution in [-0.4, -0.2) is 78.6 Å². The van der Waals surface area contributed by atoms with Crippen LogP contribution in [0.2, 0.25) is 5.02 Å². The molecule has 0 amide bonds. The Bertz CT molecular complexity index is 546. The molecule has 146 valence electrons. The van der Waals surface area contributed by atoms with Crippen LogP contribution in [0.3, 0.4) is 0 Å². The Morgan fingerprint density at radius 1 is 1.23 bits per heavy atom. The molecule has 1 aromatic carbocycles. The minimum absolute atomic E-state index is 0.298. The minimum atomic E-state index is -0.492. The zero-order chi connectivity index (χ0) is 18.5. The standard InChI is InChI=1S/C20H31ClN2O3/c1-15-10-22(11-16(2)26-15)12-18-4-3-9-23(18)13-19(24)14-25-20-7-5-17(21)6-8-20/h5-8,15-16,18-19,24H,3-4,9-14H2,1-2H3. The Kier molecular flexibility index (Phi) is 7.18. The van der Waals surface area contributed by atoms with Gasteiger partial charge in [-0.15, -0.1) is 0 Å². The van der Waals surface area contributed by atoms with Crippen molar-refractivity contribution in [2.24, 2.45) is 0 Å². The van der Waals surface area contributed by atoms with Gasteiger partial charge in [0.05, 0.1) is 12.2 Å². The number of β-amino-alcohol motifs (C(OH)–C–C–N with tert-alkyl or cyclic N) is 1. The smallest absolute Gasteiger partial charge is 0.119 e. The normalized spacial score (nSPS) is 29.0. The van der Waals surface area contributed by atoms with Crippen LogP contribution in [0.5, 0.6) is 5.75 Å². The van der Waals surface area contributed by atoms with Crippen LogP contribution >= 0.6 is 11.6 Å². The monoisotopic (exact) mass is 382 g/mol. The summed E-state index contributed by atoms with van der Waals surface area (Å²) in [6.45, 7) is 9.36. The summed E-state index contributed by atoms with van der Waals surface area (Å²) in [6, 6.07) is 7.76.